The second-order valence-corrected chi connectivity index (χ2v) is 7.36. The van der Waals surface area contributed by atoms with Gasteiger partial charge in [-0.15, -0.1) is 21.5 Å². The van der Waals surface area contributed by atoms with Gasteiger partial charge in [-0.3, -0.25) is 9.59 Å². The number of aromatic nitrogens is 3. The molecule has 8 heteroatoms. The van der Waals surface area contributed by atoms with Crippen molar-refractivity contribution in [1.82, 2.24) is 25.0 Å². The van der Waals surface area contributed by atoms with Crippen molar-refractivity contribution >= 4 is 23.2 Å². The number of rotatable bonds is 5. The van der Waals surface area contributed by atoms with Crippen molar-refractivity contribution in [1.29, 1.82) is 0 Å². The average Bonchev–Trinajstić information content (AvgIpc) is 2.99. The largest absolute Gasteiger partial charge is 0.348 e. The van der Waals surface area contributed by atoms with E-state index >= 15 is 0 Å². The van der Waals surface area contributed by atoms with Crippen molar-refractivity contribution in [3.63, 3.8) is 0 Å². The molecule has 2 aromatic heterocycles. The van der Waals surface area contributed by atoms with Gasteiger partial charge in [0, 0.05) is 24.4 Å². The second kappa shape index (κ2) is 6.01. The van der Waals surface area contributed by atoms with E-state index in [4.69, 9.17) is 0 Å². The lowest BCUT2D eigenvalue weighted by Gasteiger charge is -2.23. The minimum absolute atomic E-state index is 0.00898. The minimum Gasteiger partial charge on any atom is -0.348 e. The normalized spacial score (nSPS) is 23.7. The summed E-state index contributed by atoms with van der Waals surface area (Å²) in [6.45, 7) is 0.348. The van der Waals surface area contributed by atoms with Crippen molar-refractivity contribution in [3.05, 3.63) is 34.5 Å². The summed E-state index contributed by atoms with van der Waals surface area (Å²) in [5.74, 6) is 0.320. The van der Waals surface area contributed by atoms with E-state index in [-0.39, 0.29) is 30.2 Å². The molecule has 4 rings (SSSR count). The maximum atomic E-state index is 12.7. The number of hydrogen-bond acceptors (Lipinski definition) is 5. The van der Waals surface area contributed by atoms with Crippen LogP contribution in [0.25, 0.3) is 0 Å². The number of carbonyl (C=O) groups is 2. The third-order valence-corrected chi connectivity index (χ3v) is 5.71. The molecule has 1 aliphatic carbocycles. The van der Waals surface area contributed by atoms with Gasteiger partial charge in [-0.05, 0) is 24.3 Å². The molecule has 1 saturated carbocycles. The van der Waals surface area contributed by atoms with Crippen LogP contribution in [-0.4, -0.2) is 38.5 Å². The first-order chi connectivity index (χ1) is 11.6. The van der Waals surface area contributed by atoms with Gasteiger partial charge in [-0.1, -0.05) is 6.07 Å². The lowest BCUT2D eigenvalue weighted by Crippen LogP contribution is -2.34. The quantitative estimate of drug-likeness (QED) is 0.891. The van der Waals surface area contributed by atoms with Gasteiger partial charge < -0.3 is 14.8 Å². The molecule has 1 aliphatic heterocycles. The van der Waals surface area contributed by atoms with E-state index < -0.39 is 0 Å². The Bertz CT molecular complexity index is 752. The average molecular weight is 345 g/mol. The lowest BCUT2D eigenvalue weighted by molar-refractivity contribution is -0.128. The molecule has 126 valence electrons. The Morgan fingerprint density at radius 2 is 2.29 bits per heavy atom. The Kier molecular flexibility index (Phi) is 3.84. The van der Waals surface area contributed by atoms with Crippen molar-refractivity contribution in [2.45, 2.75) is 37.9 Å². The van der Waals surface area contributed by atoms with Crippen molar-refractivity contribution in [2.75, 3.05) is 7.05 Å². The molecule has 0 bridgehead atoms. The zero-order valence-electron chi connectivity index (χ0n) is 13.4. The van der Waals surface area contributed by atoms with E-state index in [1.807, 2.05) is 22.1 Å². The molecule has 0 spiro atoms. The molecule has 2 aromatic rings. The van der Waals surface area contributed by atoms with E-state index in [2.05, 4.69) is 15.5 Å². The monoisotopic (exact) mass is 345 g/mol. The summed E-state index contributed by atoms with van der Waals surface area (Å²) in [6.07, 6.45) is 4.25. The van der Waals surface area contributed by atoms with Crippen LogP contribution in [0, 0.1) is 5.92 Å². The highest BCUT2D eigenvalue weighted by molar-refractivity contribution is 7.10. The molecule has 0 radical (unpaired) electrons. The summed E-state index contributed by atoms with van der Waals surface area (Å²) in [5, 5.41) is 13.0. The number of amides is 2. The third kappa shape index (κ3) is 2.71. The summed E-state index contributed by atoms with van der Waals surface area (Å²) in [5.41, 5.74) is 0. The number of nitrogens with zero attached hydrogens (tertiary/aromatic N) is 4. The summed E-state index contributed by atoms with van der Waals surface area (Å²) < 4.78 is 2.03. The molecule has 2 amide bonds. The van der Waals surface area contributed by atoms with Crippen molar-refractivity contribution in [2.24, 2.45) is 5.92 Å². The highest BCUT2D eigenvalue weighted by atomic mass is 32.1. The highest BCUT2D eigenvalue weighted by Crippen LogP contribution is 2.39. The fourth-order valence-electron chi connectivity index (χ4n) is 3.30. The van der Waals surface area contributed by atoms with Crippen LogP contribution in [0.2, 0.25) is 0 Å². The molecule has 0 aromatic carbocycles. The summed E-state index contributed by atoms with van der Waals surface area (Å²) in [4.78, 5) is 27.5. The predicted molar refractivity (Wildman–Crippen MR) is 88.1 cm³/mol. The van der Waals surface area contributed by atoms with Crippen LogP contribution in [0.4, 0.5) is 0 Å². The maximum absolute atomic E-state index is 12.7. The smallest absolute Gasteiger partial charge is 0.226 e. The zero-order chi connectivity index (χ0) is 16.7. The van der Waals surface area contributed by atoms with Gasteiger partial charge in [0.25, 0.3) is 0 Å². The summed E-state index contributed by atoms with van der Waals surface area (Å²) in [7, 11) is 1.77. The van der Waals surface area contributed by atoms with Gasteiger partial charge >= 0.3 is 0 Å². The van der Waals surface area contributed by atoms with Gasteiger partial charge in [-0.2, -0.15) is 0 Å². The van der Waals surface area contributed by atoms with E-state index in [0.29, 0.717) is 12.6 Å². The Morgan fingerprint density at radius 3 is 3.00 bits per heavy atom. The van der Waals surface area contributed by atoms with Crippen LogP contribution in [0.15, 0.2) is 23.8 Å². The van der Waals surface area contributed by atoms with E-state index in [1.54, 1.807) is 29.6 Å². The van der Waals surface area contributed by atoms with Gasteiger partial charge in [0.05, 0.1) is 18.5 Å². The Labute approximate surface area is 143 Å². The summed E-state index contributed by atoms with van der Waals surface area (Å²) in [6, 6.07) is 4.22. The van der Waals surface area contributed by atoms with E-state index in [1.165, 1.54) is 0 Å². The van der Waals surface area contributed by atoms with Crippen LogP contribution in [0.5, 0.6) is 0 Å². The molecule has 1 N–H and O–H groups in total. The summed E-state index contributed by atoms with van der Waals surface area (Å²) >= 11 is 1.58. The number of hydrogen-bond donors (Lipinski definition) is 1. The molecule has 3 heterocycles. The third-order valence-electron chi connectivity index (χ3n) is 4.77. The van der Waals surface area contributed by atoms with Crippen LogP contribution in [0.3, 0.4) is 0 Å². The minimum atomic E-state index is -0.363. The Hall–Kier alpha value is -2.22. The number of nitrogens with one attached hydrogen (secondary N) is 1. The molecule has 2 atom stereocenters. The molecule has 0 unspecified atom stereocenters. The van der Waals surface area contributed by atoms with Crippen LogP contribution in [0.1, 0.15) is 42.0 Å². The first-order valence-electron chi connectivity index (χ1n) is 8.10. The van der Waals surface area contributed by atoms with Crippen molar-refractivity contribution < 1.29 is 9.59 Å². The zero-order valence-corrected chi connectivity index (χ0v) is 14.2. The fourth-order valence-corrected chi connectivity index (χ4v) is 4.23. The van der Waals surface area contributed by atoms with Gasteiger partial charge in [0.2, 0.25) is 11.8 Å². The molecular weight excluding hydrogens is 326 g/mol. The molecular formula is C16H19N5O2S. The van der Waals surface area contributed by atoms with Crippen LogP contribution in [-0.2, 0) is 16.1 Å². The van der Waals surface area contributed by atoms with Gasteiger partial charge in [0.15, 0.2) is 5.82 Å². The van der Waals surface area contributed by atoms with Crippen LogP contribution < -0.4 is 5.32 Å². The first-order valence-corrected chi connectivity index (χ1v) is 8.98. The molecule has 7 nitrogen and oxygen atoms in total. The Morgan fingerprint density at radius 1 is 1.46 bits per heavy atom. The second-order valence-electron chi connectivity index (χ2n) is 6.38. The molecule has 2 aliphatic rings. The topological polar surface area (TPSA) is 80.1 Å². The molecule has 2 fully saturated rings. The maximum Gasteiger partial charge on any atom is 0.226 e. The van der Waals surface area contributed by atoms with Gasteiger partial charge in [0.1, 0.15) is 6.33 Å². The molecule has 24 heavy (non-hydrogen) atoms. The highest BCUT2D eigenvalue weighted by Gasteiger charge is 2.43. The first kappa shape index (κ1) is 15.3. The number of carbonyl (C=O) groups excluding carboxylic acids is 2. The number of thiophene rings is 1. The standard InChI is InChI=1S/C16H19N5O2S/c1-20-14(22)7-11(15(20)12-3-2-6-24-12)16(23)17-8-13-19-18-9-21(13)10-4-5-10/h2-3,6,9-11,15H,4-5,7-8H2,1H3,(H,17,23)/t11-,15+/m1/s1. The SMILES string of the molecule is CN1C(=O)C[C@@H](C(=O)NCc2nncn2C2CC2)[C@H]1c1cccs1. The predicted octanol–water partition coefficient (Wildman–Crippen LogP) is 1.51. The Balaban J connectivity index is 1.46. The molecule has 1 saturated heterocycles. The van der Waals surface area contributed by atoms with E-state index in [9.17, 15) is 9.59 Å². The number of likely N-dealkylation sites (tertiary alicyclic amines) is 1. The van der Waals surface area contributed by atoms with Gasteiger partial charge in [-0.25, -0.2) is 0 Å². The van der Waals surface area contributed by atoms with Crippen molar-refractivity contribution in [3.8, 4) is 0 Å². The van der Waals surface area contributed by atoms with Crippen LogP contribution >= 0.6 is 11.3 Å². The fraction of sp³-hybridized carbons (Fsp3) is 0.500. The lowest BCUT2D eigenvalue weighted by atomic mass is 9.98. The van der Waals surface area contributed by atoms with E-state index in [0.717, 1.165) is 23.5 Å².